The van der Waals surface area contributed by atoms with E-state index in [-0.39, 0.29) is 0 Å². The molecule has 1 nitrogen and oxygen atoms in total. The molecule has 76 valence electrons. The van der Waals surface area contributed by atoms with E-state index in [4.69, 9.17) is 11.6 Å². The molecule has 1 aliphatic rings. The van der Waals surface area contributed by atoms with E-state index < -0.39 is 0 Å². The van der Waals surface area contributed by atoms with Gasteiger partial charge in [-0.1, -0.05) is 24.6 Å². The summed E-state index contributed by atoms with van der Waals surface area (Å²) in [5.41, 5.74) is 2.66. The number of likely N-dealkylation sites (N-methyl/N-ethyl adjacent to an activating group) is 1. The molecule has 0 amide bonds. The van der Waals surface area contributed by atoms with Gasteiger partial charge in [-0.15, -0.1) is 12.6 Å². The second kappa shape index (κ2) is 4.13. The van der Waals surface area contributed by atoms with Crippen molar-refractivity contribution in [2.45, 2.75) is 24.8 Å². The zero-order valence-corrected chi connectivity index (χ0v) is 9.91. The standard InChI is InChI=1S/C11H14ClNS/c1-2-13-6-5-8-3-4-10(14)11(12)9(8)7-13/h3-4,14H,2,5-7H2,1H3. The average molecular weight is 228 g/mol. The van der Waals surface area contributed by atoms with Crippen molar-refractivity contribution in [3.63, 3.8) is 0 Å². The molecule has 3 heteroatoms. The molecule has 0 saturated heterocycles. The van der Waals surface area contributed by atoms with Crippen LogP contribution in [0.2, 0.25) is 5.02 Å². The molecule has 0 N–H and O–H groups in total. The lowest BCUT2D eigenvalue weighted by Gasteiger charge is -2.28. The lowest BCUT2D eigenvalue weighted by Crippen LogP contribution is -2.30. The van der Waals surface area contributed by atoms with Crippen LogP contribution in [0.1, 0.15) is 18.1 Å². The zero-order chi connectivity index (χ0) is 10.1. The summed E-state index contributed by atoms with van der Waals surface area (Å²) in [6, 6.07) is 4.14. The Morgan fingerprint density at radius 1 is 1.50 bits per heavy atom. The van der Waals surface area contributed by atoms with Gasteiger partial charge in [0.15, 0.2) is 0 Å². The van der Waals surface area contributed by atoms with Crippen molar-refractivity contribution in [3.05, 3.63) is 28.3 Å². The smallest absolute Gasteiger partial charge is 0.0587 e. The summed E-state index contributed by atoms with van der Waals surface area (Å²) in [6.45, 7) is 5.39. The monoisotopic (exact) mass is 227 g/mol. The topological polar surface area (TPSA) is 3.24 Å². The summed E-state index contributed by atoms with van der Waals surface area (Å²) in [5, 5.41) is 0.837. The molecule has 1 aliphatic heterocycles. The molecule has 0 saturated carbocycles. The van der Waals surface area contributed by atoms with Gasteiger partial charge in [0.25, 0.3) is 0 Å². The van der Waals surface area contributed by atoms with E-state index in [0.29, 0.717) is 0 Å². The summed E-state index contributed by atoms with van der Waals surface area (Å²) in [6.07, 6.45) is 1.11. The Hall–Kier alpha value is -0.180. The van der Waals surface area contributed by atoms with Crippen LogP contribution in [-0.2, 0) is 13.0 Å². The van der Waals surface area contributed by atoms with Gasteiger partial charge in [0.05, 0.1) is 5.02 Å². The molecule has 0 aliphatic carbocycles. The maximum atomic E-state index is 6.23. The highest BCUT2D eigenvalue weighted by Gasteiger charge is 2.18. The van der Waals surface area contributed by atoms with Gasteiger partial charge in [-0.3, -0.25) is 4.90 Å². The second-order valence-corrected chi connectivity index (χ2v) is 4.51. The highest BCUT2D eigenvalue weighted by atomic mass is 35.5. The zero-order valence-electron chi connectivity index (χ0n) is 8.26. The first-order chi connectivity index (χ1) is 6.72. The molecule has 1 heterocycles. The van der Waals surface area contributed by atoms with Gasteiger partial charge in [-0.2, -0.15) is 0 Å². The molecule has 0 spiro atoms. The summed E-state index contributed by atoms with van der Waals surface area (Å²) >= 11 is 10.6. The largest absolute Gasteiger partial charge is 0.299 e. The number of fused-ring (bicyclic) bond motifs is 1. The van der Waals surface area contributed by atoms with Crippen molar-refractivity contribution in [2.24, 2.45) is 0 Å². The predicted molar refractivity (Wildman–Crippen MR) is 63.4 cm³/mol. The van der Waals surface area contributed by atoms with E-state index in [2.05, 4.69) is 30.5 Å². The minimum Gasteiger partial charge on any atom is -0.299 e. The van der Waals surface area contributed by atoms with Gasteiger partial charge in [-0.25, -0.2) is 0 Å². The Balaban J connectivity index is 2.38. The number of halogens is 1. The van der Waals surface area contributed by atoms with Crippen molar-refractivity contribution >= 4 is 24.2 Å². The van der Waals surface area contributed by atoms with Crippen molar-refractivity contribution in [3.8, 4) is 0 Å². The molecule has 0 aromatic heterocycles. The third kappa shape index (κ3) is 1.79. The summed E-state index contributed by atoms with van der Waals surface area (Å²) < 4.78 is 0. The van der Waals surface area contributed by atoms with Crippen LogP contribution in [0.25, 0.3) is 0 Å². The van der Waals surface area contributed by atoms with Crippen LogP contribution in [0.5, 0.6) is 0 Å². The highest BCUT2D eigenvalue weighted by Crippen LogP contribution is 2.31. The Kier molecular flexibility index (Phi) is 3.05. The van der Waals surface area contributed by atoms with Gasteiger partial charge in [0.1, 0.15) is 0 Å². The van der Waals surface area contributed by atoms with Crippen LogP contribution in [0.4, 0.5) is 0 Å². The SMILES string of the molecule is CCN1CCc2ccc(S)c(Cl)c2C1. The van der Waals surface area contributed by atoms with E-state index in [0.717, 1.165) is 36.0 Å². The molecule has 0 atom stereocenters. The number of hydrogen-bond acceptors (Lipinski definition) is 2. The molecule has 1 aromatic carbocycles. The van der Waals surface area contributed by atoms with Crippen molar-refractivity contribution < 1.29 is 0 Å². The summed E-state index contributed by atoms with van der Waals surface area (Å²) in [5.74, 6) is 0. The fourth-order valence-electron chi connectivity index (χ4n) is 1.91. The molecule has 0 radical (unpaired) electrons. The Labute approximate surface area is 95.5 Å². The maximum absolute atomic E-state index is 6.23. The van der Waals surface area contributed by atoms with E-state index in [9.17, 15) is 0 Å². The van der Waals surface area contributed by atoms with Gasteiger partial charge in [0, 0.05) is 18.0 Å². The number of thiol groups is 1. The van der Waals surface area contributed by atoms with Gasteiger partial charge in [0.2, 0.25) is 0 Å². The van der Waals surface area contributed by atoms with Gasteiger partial charge < -0.3 is 0 Å². The first kappa shape index (κ1) is 10.3. The molecule has 0 bridgehead atoms. The van der Waals surface area contributed by atoms with Crippen molar-refractivity contribution in [1.82, 2.24) is 4.90 Å². The molecule has 14 heavy (non-hydrogen) atoms. The Morgan fingerprint density at radius 2 is 2.29 bits per heavy atom. The van der Waals surface area contributed by atoms with Crippen molar-refractivity contribution in [2.75, 3.05) is 13.1 Å². The van der Waals surface area contributed by atoms with Crippen LogP contribution in [0.3, 0.4) is 0 Å². The van der Waals surface area contributed by atoms with Crippen LogP contribution < -0.4 is 0 Å². The van der Waals surface area contributed by atoms with Crippen LogP contribution in [0, 0.1) is 0 Å². The number of hydrogen-bond donors (Lipinski definition) is 1. The quantitative estimate of drug-likeness (QED) is 0.722. The van der Waals surface area contributed by atoms with E-state index in [1.54, 1.807) is 0 Å². The molecular weight excluding hydrogens is 214 g/mol. The minimum atomic E-state index is 0.837. The van der Waals surface area contributed by atoms with E-state index >= 15 is 0 Å². The summed E-state index contributed by atoms with van der Waals surface area (Å²) in [4.78, 5) is 3.30. The number of benzene rings is 1. The third-order valence-electron chi connectivity index (χ3n) is 2.85. The van der Waals surface area contributed by atoms with Crippen LogP contribution >= 0.6 is 24.2 Å². The molecule has 0 fully saturated rings. The number of nitrogens with zero attached hydrogens (tertiary/aromatic N) is 1. The number of rotatable bonds is 1. The lowest BCUT2D eigenvalue weighted by atomic mass is 10.00. The average Bonchev–Trinajstić information content (AvgIpc) is 2.23. The maximum Gasteiger partial charge on any atom is 0.0587 e. The van der Waals surface area contributed by atoms with Crippen molar-refractivity contribution in [1.29, 1.82) is 0 Å². The van der Waals surface area contributed by atoms with Gasteiger partial charge in [-0.05, 0) is 30.2 Å². The fraction of sp³-hybridized carbons (Fsp3) is 0.455. The first-order valence-electron chi connectivity index (χ1n) is 4.94. The first-order valence-corrected chi connectivity index (χ1v) is 5.76. The van der Waals surface area contributed by atoms with E-state index in [1.807, 2.05) is 6.07 Å². The lowest BCUT2D eigenvalue weighted by molar-refractivity contribution is 0.268. The molecule has 2 rings (SSSR count). The van der Waals surface area contributed by atoms with Crippen LogP contribution in [0.15, 0.2) is 17.0 Å². The molecular formula is C11H14ClNS. The molecule has 0 unspecified atom stereocenters. The van der Waals surface area contributed by atoms with E-state index in [1.165, 1.54) is 11.1 Å². The highest BCUT2D eigenvalue weighted by molar-refractivity contribution is 7.80. The fourth-order valence-corrected chi connectivity index (χ4v) is 2.36. The summed E-state index contributed by atoms with van der Waals surface area (Å²) in [7, 11) is 0. The molecule has 1 aromatic rings. The Morgan fingerprint density at radius 3 is 3.00 bits per heavy atom. The van der Waals surface area contributed by atoms with Crippen LogP contribution in [-0.4, -0.2) is 18.0 Å². The Bertz CT molecular complexity index is 351. The third-order valence-corrected chi connectivity index (χ3v) is 3.78. The van der Waals surface area contributed by atoms with Gasteiger partial charge >= 0.3 is 0 Å². The normalized spacial score (nSPS) is 16.8. The predicted octanol–water partition coefficient (Wildman–Crippen LogP) is 3.01. The minimum absolute atomic E-state index is 0.837. The second-order valence-electron chi connectivity index (χ2n) is 3.66.